The van der Waals surface area contributed by atoms with Gasteiger partial charge in [-0.3, -0.25) is 9.59 Å². The highest BCUT2D eigenvalue weighted by molar-refractivity contribution is 5.96. The fraction of sp³-hybridized carbons (Fsp3) is 0.133. The average molecular weight is 285 g/mol. The van der Waals surface area contributed by atoms with Crippen molar-refractivity contribution in [2.75, 3.05) is 6.54 Å². The zero-order valence-electron chi connectivity index (χ0n) is 11.5. The van der Waals surface area contributed by atoms with Gasteiger partial charge in [0.15, 0.2) is 0 Å². The Kier molecular flexibility index (Phi) is 4.87. The number of amides is 2. The molecule has 0 aliphatic carbocycles. The van der Waals surface area contributed by atoms with Crippen LogP contribution in [0.3, 0.4) is 0 Å². The largest absolute Gasteiger partial charge is 0.463 e. The Hall–Kier alpha value is -2.89. The first-order valence-corrected chi connectivity index (χ1v) is 6.35. The number of furan rings is 1. The standard InChI is InChI=1S/C15H15N3O3/c1-11-4-6-12(7-5-11)15(20)16-10-14(19)18-17-9-13-3-2-8-21-13/h2-9H,10H2,1H3,(H,16,20)(H,18,19)/b17-9+. The molecule has 6 heteroatoms. The number of rotatable bonds is 5. The third-order valence-electron chi connectivity index (χ3n) is 2.65. The molecule has 0 spiro atoms. The summed E-state index contributed by atoms with van der Waals surface area (Å²) >= 11 is 0. The molecule has 1 aromatic heterocycles. The molecular formula is C15H15N3O3. The second-order valence-corrected chi connectivity index (χ2v) is 4.36. The van der Waals surface area contributed by atoms with Gasteiger partial charge < -0.3 is 9.73 Å². The molecule has 0 atom stereocenters. The van der Waals surface area contributed by atoms with Gasteiger partial charge in [-0.05, 0) is 31.2 Å². The molecule has 108 valence electrons. The Bertz CT molecular complexity index is 631. The highest BCUT2D eigenvalue weighted by Gasteiger charge is 2.06. The molecule has 0 bridgehead atoms. The average Bonchev–Trinajstić information content (AvgIpc) is 2.99. The molecule has 0 saturated carbocycles. The molecule has 0 radical (unpaired) electrons. The van der Waals surface area contributed by atoms with Crippen LogP contribution in [0.5, 0.6) is 0 Å². The predicted octanol–water partition coefficient (Wildman–Crippen LogP) is 1.47. The summed E-state index contributed by atoms with van der Waals surface area (Å²) in [5, 5.41) is 6.22. The number of benzene rings is 1. The second kappa shape index (κ2) is 7.04. The highest BCUT2D eigenvalue weighted by atomic mass is 16.3. The lowest BCUT2D eigenvalue weighted by Crippen LogP contribution is -2.34. The van der Waals surface area contributed by atoms with Crippen molar-refractivity contribution in [2.24, 2.45) is 5.10 Å². The number of carbonyl (C=O) groups is 2. The van der Waals surface area contributed by atoms with Crippen molar-refractivity contribution in [3.8, 4) is 0 Å². The first-order valence-electron chi connectivity index (χ1n) is 6.35. The van der Waals surface area contributed by atoms with Crippen molar-refractivity contribution in [2.45, 2.75) is 6.92 Å². The molecule has 0 aliphatic rings. The van der Waals surface area contributed by atoms with Crippen LogP contribution in [0.1, 0.15) is 21.7 Å². The van der Waals surface area contributed by atoms with E-state index in [9.17, 15) is 9.59 Å². The molecule has 0 unspecified atom stereocenters. The molecule has 2 aromatic rings. The molecule has 0 saturated heterocycles. The number of aryl methyl sites for hydroxylation is 1. The maximum atomic E-state index is 11.8. The first-order chi connectivity index (χ1) is 10.1. The minimum atomic E-state index is -0.418. The fourth-order valence-electron chi connectivity index (χ4n) is 1.54. The molecule has 1 aromatic carbocycles. The lowest BCUT2D eigenvalue weighted by Gasteiger charge is -2.04. The van der Waals surface area contributed by atoms with Gasteiger partial charge in [0.2, 0.25) is 0 Å². The minimum Gasteiger partial charge on any atom is -0.463 e. The summed E-state index contributed by atoms with van der Waals surface area (Å²) in [5.74, 6) is -0.197. The van der Waals surface area contributed by atoms with Crippen LogP contribution in [0, 0.1) is 6.92 Å². The molecule has 21 heavy (non-hydrogen) atoms. The van der Waals surface area contributed by atoms with Crippen LogP contribution in [-0.2, 0) is 4.79 Å². The summed E-state index contributed by atoms with van der Waals surface area (Å²) in [6.45, 7) is 1.79. The fourth-order valence-corrected chi connectivity index (χ4v) is 1.54. The number of nitrogens with one attached hydrogen (secondary N) is 2. The van der Waals surface area contributed by atoms with Crippen molar-refractivity contribution in [1.82, 2.24) is 10.7 Å². The smallest absolute Gasteiger partial charge is 0.259 e. The molecule has 2 rings (SSSR count). The zero-order chi connectivity index (χ0) is 15.1. The van der Waals surface area contributed by atoms with E-state index in [0.29, 0.717) is 11.3 Å². The molecule has 2 N–H and O–H groups in total. The Morgan fingerprint density at radius 1 is 1.24 bits per heavy atom. The van der Waals surface area contributed by atoms with Crippen LogP contribution in [0.25, 0.3) is 0 Å². The summed E-state index contributed by atoms with van der Waals surface area (Å²) in [4.78, 5) is 23.3. The molecule has 2 amide bonds. The van der Waals surface area contributed by atoms with Crippen LogP contribution < -0.4 is 10.7 Å². The minimum absolute atomic E-state index is 0.151. The van der Waals surface area contributed by atoms with Crippen molar-refractivity contribution in [3.63, 3.8) is 0 Å². The number of carbonyl (C=O) groups excluding carboxylic acids is 2. The van der Waals surface area contributed by atoms with Crippen molar-refractivity contribution < 1.29 is 14.0 Å². The topological polar surface area (TPSA) is 83.7 Å². The third-order valence-corrected chi connectivity index (χ3v) is 2.65. The Morgan fingerprint density at radius 2 is 2.00 bits per heavy atom. The van der Waals surface area contributed by atoms with E-state index in [2.05, 4.69) is 15.8 Å². The Morgan fingerprint density at radius 3 is 2.67 bits per heavy atom. The van der Waals surface area contributed by atoms with Gasteiger partial charge in [0.25, 0.3) is 11.8 Å². The van der Waals surface area contributed by atoms with E-state index in [1.54, 1.807) is 24.3 Å². The van der Waals surface area contributed by atoms with Gasteiger partial charge in [-0.25, -0.2) is 5.43 Å². The van der Waals surface area contributed by atoms with Gasteiger partial charge in [-0.15, -0.1) is 0 Å². The number of hydrazone groups is 1. The van der Waals surface area contributed by atoms with Crippen LogP contribution in [0.2, 0.25) is 0 Å². The van der Waals surface area contributed by atoms with E-state index < -0.39 is 5.91 Å². The van der Waals surface area contributed by atoms with Crippen LogP contribution in [0.15, 0.2) is 52.2 Å². The van der Waals surface area contributed by atoms with E-state index in [1.807, 2.05) is 19.1 Å². The van der Waals surface area contributed by atoms with E-state index in [0.717, 1.165) is 5.56 Å². The molecule has 0 fully saturated rings. The summed E-state index contributed by atoms with van der Waals surface area (Å²) in [5.41, 5.74) is 3.87. The van der Waals surface area contributed by atoms with Gasteiger partial charge in [-0.1, -0.05) is 17.7 Å². The van der Waals surface area contributed by atoms with E-state index >= 15 is 0 Å². The normalized spacial score (nSPS) is 10.5. The molecular weight excluding hydrogens is 270 g/mol. The maximum Gasteiger partial charge on any atom is 0.259 e. The van der Waals surface area contributed by atoms with E-state index in [-0.39, 0.29) is 12.5 Å². The summed E-state index contributed by atoms with van der Waals surface area (Å²) in [6, 6.07) is 10.5. The first kappa shape index (κ1) is 14.5. The van der Waals surface area contributed by atoms with Gasteiger partial charge in [-0.2, -0.15) is 5.10 Å². The lowest BCUT2D eigenvalue weighted by molar-refractivity contribution is -0.120. The second-order valence-electron chi connectivity index (χ2n) is 4.36. The maximum absolute atomic E-state index is 11.8. The summed E-state index contributed by atoms with van der Waals surface area (Å²) in [7, 11) is 0. The van der Waals surface area contributed by atoms with Gasteiger partial charge in [0, 0.05) is 5.56 Å². The predicted molar refractivity (Wildman–Crippen MR) is 78.0 cm³/mol. The Balaban J connectivity index is 1.76. The monoisotopic (exact) mass is 285 g/mol. The summed E-state index contributed by atoms with van der Waals surface area (Å²) < 4.78 is 5.01. The number of nitrogens with zero attached hydrogens (tertiary/aromatic N) is 1. The van der Waals surface area contributed by atoms with Crippen molar-refractivity contribution in [3.05, 3.63) is 59.5 Å². The lowest BCUT2D eigenvalue weighted by atomic mass is 10.1. The highest BCUT2D eigenvalue weighted by Crippen LogP contribution is 2.02. The van der Waals surface area contributed by atoms with Crippen LogP contribution >= 0.6 is 0 Å². The quantitative estimate of drug-likeness (QED) is 0.644. The van der Waals surface area contributed by atoms with Crippen molar-refractivity contribution >= 4 is 18.0 Å². The van der Waals surface area contributed by atoms with Crippen molar-refractivity contribution in [1.29, 1.82) is 0 Å². The van der Waals surface area contributed by atoms with Gasteiger partial charge in [0.1, 0.15) is 5.76 Å². The van der Waals surface area contributed by atoms with E-state index in [4.69, 9.17) is 4.42 Å². The third kappa shape index (κ3) is 4.61. The SMILES string of the molecule is Cc1ccc(C(=O)NCC(=O)N/N=C/c2ccco2)cc1. The van der Waals surface area contributed by atoms with Crippen LogP contribution in [0.4, 0.5) is 0 Å². The number of hydrogen-bond donors (Lipinski definition) is 2. The number of hydrogen-bond acceptors (Lipinski definition) is 4. The van der Waals surface area contributed by atoms with Crippen LogP contribution in [-0.4, -0.2) is 24.6 Å². The van der Waals surface area contributed by atoms with E-state index in [1.165, 1.54) is 12.5 Å². The molecule has 0 aliphatic heterocycles. The van der Waals surface area contributed by atoms with Gasteiger partial charge in [0.05, 0.1) is 19.0 Å². The zero-order valence-corrected chi connectivity index (χ0v) is 11.5. The molecule has 6 nitrogen and oxygen atoms in total. The Labute approximate surface area is 121 Å². The molecule has 1 heterocycles. The summed E-state index contributed by atoms with van der Waals surface area (Å²) in [6.07, 6.45) is 2.88. The van der Waals surface area contributed by atoms with Gasteiger partial charge >= 0.3 is 0 Å².